The van der Waals surface area contributed by atoms with Crippen LogP contribution in [-0.4, -0.2) is 50.2 Å². The van der Waals surface area contributed by atoms with E-state index in [-0.39, 0.29) is 17.9 Å². The molecular weight excluding hydrogens is 216 g/mol. The van der Waals surface area contributed by atoms with E-state index in [4.69, 9.17) is 4.74 Å². The molecule has 0 bridgehead atoms. The van der Waals surface area contributed by atoms with E-state index in [1.165, 1.54) is 19.3 Å². The lowest BCUT2D eigenvalue weighted by Gasteiger charge is -2.32. The van der Waals surface area contributed by atoms with Gasteiger partial charge in [0.25, 0.3) is 0 Å². The number of nitrogens with zero attached hydrogens (tertiary/aromatic N) is 1. The molecule has 2 unspecified atom stereocenters. The molecule has 1 N–H and O–H groups in total. The molecule has 0 aromatic rings. The summed E-state index contributed by atoms with van der Waals surface area (Å²) in [6.45, 7) is 5.13. The van der Waals surface area contributed by atoms with E-state index in [1.807, 2.05) is 11.9 Å². The van der Waals surface area contributed by atoms with Gasteiger partial charge in [-0.25, -0.2) is 0 Å². The van der Waals surface area contributed by atoms with Gasteiger partial charge in [0.05, 0.1) is 19.1 Å². The number of nitrogens with one attached hydrogen (secondary N) is 1. The van der Waals surface area contributed by atoms with Crippen molar-refractivity contribution in [2.75, 3.05) is 33.4 Å². The Labute approximate surface area is 104 Å². The zero-order valence-electron chi connectivity index (χ0n) is 10.9. The summed E-state index contributed by atoms with van der Waals surface area (Å²) < 4.78 is 5.43. The first-order valence-electron chi connectivity index (χ1n) is 6.78. The van der Waals surface area contributed by atoms with E-state index in [2.05, 4.69) is 12.2 Å². The van der Waals surface area contributed by atoms with E-state index in [9.17, 15) is 4.79 Å². The van der Waals surface area contributed by atoms with Crippen LogP contribution < -0.4 is 5.32 Å². The maximum absolute atomic E-state index is 12.3. The molecule has 0 spiro atoms. The van der Waals surface area contributed by atoms with Gasteiger partial charge in [0, 0.05) is 19.6 Å². The van der Waals surface area contributed by atoms with Gasteiger partial charge in [-0.3, -0.25) is 4.79 Å². The Hall–Kier alpha value is -0.610. The third-order valence-electron chi connectivity index (χ3n) is 4.00. The monoisotopic (exact) mass is 240 g/mol. The Morgan fingerprint density at radius 3 is 2.76 bits per heavy atom. The molecule has 2 fully saturated rings. The molecule has 0 aromatic heterocycles. The number of likely N-dealkylation sites (N-methyl/N-ethyl adjacent to an activating group) is 1. The zero-order chi connectivity index (χ0) is 12.3. The summed E-state index contributed by atoms with van der Waals surface area (Å²) in [6.07, 6.45) is 3.91. The molecule has 2 atom stereocenters. The van der Waals surface area contributed by atoms with Gasteiger partial charge in [-0.05, 0) is 25.3 Å². The van der Waals surface area contributed by atoms with Crippen molar-refractivity contribution >= 4 is 5.91 Å². The summed E-state index contributed by atoms with van der Waals surface area (Å²) in [5, 5.41) is 3.34. The predicted molar refractivity (Wildman–Crippen MR) is 66.8 cm³/mol. The Bertz CT molecular complexity index is 266. The van der Waals surface area contributed by atoms with Gasteiger partial charge in [0.15, 0.2) is 0 Å². The Balaban J connectivity index is 1.84. The second-order valence-electron chi connectivity index (χ2n) is 5.32. The summed E-state index contributed by atoms with van der Waals surface area (Å²) >= 11 is 0. The first kappa shape index (κ1) is 12.8. The number of hydrogen-bond donors (Lipinski definition) is 1. The first-order chi connectivity index (χ1) is 8.22. The molecule has 1 saturated carbocycles. The van der Waals surface area contributed by atoms with Crippen molar-refractivity contribution in [1.29, 1.82) is 0 Å². The van der Waals surface area contributed by atoms with Crippen molar-refractivity contribution in [1.82, 2.24) is 10.2 Å². The van der Waals surface area contributed by atoms with Crippen LogP contribution >= 0.6 is 0 Å². The molecule has 2 rings (SSSR count). The van der Waals surface area contributed by atoms with Gasteiger partial charge in [-0.15, -0.1) is 0 Å². The van der Waals surface area contributed by atoms with Crippen LogP contribution in [0.5, 0.6) is 0 Å². The lowest BCUT2D eigenvalue weighted by atomic mass is 9.85. The summed E-state index contributed by atoms with van der Waals surface area (Å²) in [6, 6.07) is 0.205. The number of hydrogen-bond acceptors (Lipinski definition) is 3. The number of amides is 1. The molecule has 1 saturated heterocycles. The van der Waals surface area contributed by atoms with Crippen LogP contribution in [0.3, 0.4) is 0 Å². The fourth-order valence-corrected chi connectivity index (χ4v) is 2.70. The highest BCUT2D eigenvalue weighted by molar-refractivity contribution is 5.79. The molecular formula is C13H24N2O2. The van der Waals surface area contributed by atoms with Gasteiger partial charge < -0.3 is 15.0 Å². The maximum atomic E-state index is 12.3. The van der Waals surface area contributed by atoms with Crippen molar-refractivity contribution in [3.63, 3.8) is 0 Å². The van der Waals surface area contributed by atoms with E-state index in [0.717, 1.165) is 19.0 Å². The van der Waals surface area contributed by atoms with Gasteiger partial charge in [-0.2, -0.15) is 0 Å². The SMILES string of the molecule is CCNC1COCC1C(=O)N(C)CC1CCC1. The fraction of sp³-hybridized carbons (Fsp3) is 0.923. The van der Waals surface area contributed by atoms with Crippen LogP contribution in [0, 0.1) is 11.8 Å². The lowest BCUT2D eigenvalue weighted by molar-refractivity contribution is -0.135. The minimum absolute atomic E-state index is 0.0139. The third-order valence-corrected chi connectivity index (χ3v) is 4.00. The molecule has 0 radical (unpaired) electrons. The quantitative estimate of drug-likeness (QED) is 0.775. The van der Waals surface area contributed by atoms with Crippen LogP contribution in [0.15, 0.2) is 0 Å². The highest BCUT2D eigenvalue weighted by Crippen LogP contribution is 2.27. The second-order valence-corrected chi connectivity index (χ2v) is 5.32. The van der Waals surface area contributed by atoms with Gasteiger partial charge in [0.1, 0.15) is 0 Å². The number of rotatable bonds is 5. The maximum Gasteiger partial charge on any atom is 0.229 e. The molecule has 0 aromatic carbocycles. The summed E-state index contributed by atoms with van der Waals surface area (Å²) in [4.78, 5) is 14.2. The Morgan fingerprint density at radius 1 is 1.41 bits per heavy atom. The van der Waals surface area contributed by atoms with Crippen LogP contribution in [0.25, 0.3) is 0 Å². The average molecular weight is 240 g/mol. The van der Waals surface area contributed by atoms with Crippen LogP contribution in [-0.2, 0) is 9.53 Å². The smallest absolute Gasteiger partial charge is 0.229 e. The number of carbonyl (C=O) groups is 1. The predicted octanol–water partition coefficient (Wildman–Crippen LogP) is 0.869. The van der Waals surface area contributed by atoms with Crippen molar-refractivity contribution in [3.05, 3.63) is 0 Å². The van der Waals surface area contributed by atoms with E-state index in [0.29, 0.717) is 13.2 Å². The molecule has 2 aliphatic rings. The topological polar surface area (TPSA) is 41.6 Å². The van der Waals surface area contributed by atoms with E-state index in [1.54, 1.807) is 0 Å². The van der Waals surface area contributed by atoms with Crippen LogP contribution in [0.2, 0.25) is 0 Å². The summed E-state index contributed by atoms with van der Waals surface area (Å²) in [5.74, 6) is 1.00. The second kappa shape index (κ2) is 5.83. The third kappa shape index (κ3) is 2.99. The van der Waals surface area contributed by atoms with Crippen LogP contribution in [0.4, 0.5) is 0 Å². The zero-order valence-corrected chi connectivity index (χ0v) is 10.9. The minimum atomic E-state index is 0.0139. The molecule has 98 valence electrons. The Morgan fingerprint density at radius 2 is 2.18 bits per heavy atom. The van der Waals surface area contributed by atoms with E-state index >= 15 is 0 Å². The summed E-state index contributed by atoms with van der Waals surface area (Å²) in [5.41, 5.74) is 0. The molecule has 17 heavy (non-hydrogen) atoms. The first-order valence-corrected chi connectivity index (χ1v) is 6.78. The normalized spacial score (nSPS) is 29.1. The fourth-order valence-electron chi connectivity index (χ4n) is 2.70. The lowest BCUT2D eigenvalue weighted by Crippen LogP contribution is -2.46. The van der Waals surface area contributed by atoms with Crippen molar-refractivity contribution in [2.24, 2.45) is 11.8 Å². The molecule has 4 heteroatoms. The van der Waals surface area contributed by atoms with Gasteiger partial charge >= 0.3 is 0 Å². The van der Waals surface area contributed by atoms with E-state index < -0.39 is 0 Å². The van der Waals surface area contributed by atoms with Crippen molar-refractivity contribution in [3.8, 4) is 0 Å². The molecule has 4 nitrogen and oxygen atoms in total. The molecule has 1 amide bonds. The molecule has 1 heterocycles. The van der Waals surface area contributed by atoms with Gasteiger partial charge in [0.2, 0.25) is 5.91 Å². The molecule has 1 aliphatic carbocycles. The largest absolute Gasteiger partial charge is 0.379 e. The average Bonchev–Trinajstić information content (AvgIpc) is 2.71. The minimum Gasteiger partial charge on any atom is -0.379 e. The van der Waals surface area contributed by atoms with Crippen molar-refractivity contribution < 1.29 is 9.53 Å². The standard InChI is InChI=1S/C13H24N2O2/c1-3-14-12-9-17-8-11(12)13(16)15(2)7-10-5-4-6-10/h10-12,14H,3-9H2,1-2H3. The summed E-state index contributed by atoms with van der Waals surface area (Å²) in [7, 11) is 1.93. The highest BCUT2D eigenvalue weighted by atomic mass is 16.5. The highest BCUT2D eigenvalue weighted by Gasteiger charge is 2.35. The Kier molecular flexibility index (Phi) is 4.40. The van der Waals surface area contributed by atoms with Gasteiger partial charge in [-0.1, -0.05) is 13.3 Å². The number of carbonyl (C=O) groups excluding carboxylic acids is 1. The molecule has 1 aliphatic heterocycles. The van der Waals surface area contributed by atoms with Crippen LogP contribution in [0.1, 0.15) is 26.2 Å². The number of ether oxygens (including phenoxy) is 1. The van der Waals surface area contributed by atoms with Crippen molar-refractivity contribution in [2.45, 2.75) is 32.2 Å².